The zero-order valence-corrected chi connectivity index (χ0v) is 14.5. The second-order valence-electron chi connectivity index (χ2n) is 5.78. The van der Waals surface area contributed by atoms with Gasteiger partial charge in [-0.1, -0.05) is 37.3 Å². The quantitative estimate of drug-likeness (QED) is 0.815. The van der Waals surface area contributed by atoms with E-state index in [-0.39, 0.29) is 6.54 Å². The smallest absolute Gasteiger partial charge is 0.259 e. The van der Waals surface area contributed by atoms with Crippen LogP contribution in [0.4, 0.5) is 0 Å². The van der Waals surface area contributed by atoms with Crippen molar-refractivity contribution in [1.29, 1.82) is 0 Å². The molecule has 1 heterocycles. The summed E-state index contributed by atoms with van der Waals surface area (Å²) in [4.78, 5) is 0. The summed E-state index contributed by atoms with van der Waals surface area (Å²) in [6.45, 7) is 3.43. The zero-order chi connectivity index (χ0) is 16.0. The maximum Gasteiger partial charge on any atom is 0.279 e. The van der Waals surface area contributed by atoms with Crippen molar-refractivity contribution < 1.29 is 12.6 Å². The topological polar surface area (TPSA) is 66.5 Å². The van der Waals surface area contributed by atoms with Crippen LogP contribution in [0.3, 0.4) is 0 Å². The Hall–Kier alpha value is -0.760. The molecule has 2 atom stereocenters. The maximum absolute atomic E-state index is 12.2. The Morgan fingerprint density at radius 1 is 1.32 bits per heavy atom. The molecule has 1 N–H and O–H groups in total. The number of nitrogens with zero attached hydrogens (tertiary/aromatic N) is 1. The molecule has 1 aliphatic heterocycles. The maximum atomic E-state index is 12.2. The van der Waals surface area contributed by atoms with Gasteiger partial charge in [-0.05, 0) is 24.3 Å². The van der Waals surface area contributed by atoms with Crippen LogP contribution in [-0.2, 0) is 26.8 Å². The van der Waals surface area contributed by atoms with Gasteiger partial charge in [0.1, 0.15) is 0 Å². The number of hydrogen-bond donors (Lipinski definition) is 1. The number of hydrogen-bond acceptors (Lipinski definition) is 3. The van der Waals surface area contributed by atoms with E-state index in [9.17, 15) is 12.6 Å². The molecule has 0 aliphatic carbocycles. The normalized spacial score (nSPS) is 21.6. The van der Waals surface area contributed by atoms with Crippen molar-refractivity contribution in [3.63, 3.8) is 0 Å². The van der Waals surface area contributed by atoms with Crippen molar-refractivity contribution in [3.8, 4) is 0 Å². The third kappa shape index (κ3) is 5.46. The van der Waals surface area contributed by atoms with Crippen molar-refractivity contribution in [1.82, 2.24) is 9.03 Å². The minimum Gasteiger partial charge on any atom is -0.259 e. The minimum absolute atomic E-state index is 0.215. The van der Waals surface area contributed by atoms with Crippen LogP contribution in [0.2, 0.25) is 0 Å². The van der Waals surface area contributed by atoms with Crippen LogP contribution in [0.1, 0.15) is 25.3 Å². The molecule has 0 radical (unpaired) electrons. The Morgan fingerprint density at radius 3 is 2.73 bits per heavy atom. The summed E-state index contributed by atoms with van der Waals surface area (Å²) in [6.07, 6.45) is 1.98. The Balaban J connectivity index is 1.76. The fourth-order valence-electron chi connectivity index (χ4n) is 2.57. The average molecular weight is 345 g/mol. The van der Waals surface area contributed by atoms with Gasteiger partial charge in [0.25, 0.3) is 10.2 Å². The summed E-state index contributed by atoms with van der Waals surface area (Å²) >= 11 is 0. The van der Waals surface area contributed by atoms with E-state index < -0.39 is 21.0 Å². The van der Waals surface area contributed by atoms with E-state index in [0.717, 1.165) is 18.4 Å². The molecule has 0 unspecified atom stereocenters. The Morgan fingerprint density at radius 2 is 2.05 bits per heavy atom. The lowest BCUT2D eigenvalue weighted by atomic mass is 10.0. The second-order valence-corrected chi connectivity index (χ2v) is 9.11. The summed E-state index contributed by atoms with van der Waals surface area (Å²) in [5, 5.41) is 0. The first-order valence-corrected chi connectivity index (χ1v) is 10.5. The SMILES string of the molecule is C[C@H]1CCCN(S(=O)(=O)NCC[S@@](=O)Cc2ccccc2)C1. The second kappa shape index (κ2) is 8.19. The van der Waals surface area contributed by atoms with Gasteiger partial charge in [-0.3, -0.25) is 4.21 Å². The lowest BCUT2D eigenvalue weighted by molar-refractivity contribution is 0.278. The van der Waals surface area contributed by atoms with E-state index in [2.05, 4.69) is 11.6 Å². The van der Waals surface area contributed by atoms with Crippen LogP contribution in [0.25, 0.3) is 0 Å². The summed E-state index contributed by atoms with van der Waals surface area (Å²) in [7, 11) is -4.50. The molecule has 22 heavy (non-hydrogen) atoms. The summed E-state index contributed by atoms with van der Waals surface area (Å²) in [5.41, 5.74) is 1.01. The molecule has 124 valence electrons. The molecule has 0 amide bonds. The van der Waals surface area contributed by atoms with Gasteiger partial charge in [-0.15, -0.1) is 0 Å². The van der Waals surface area contributed by atoms with Gasteiger partial charge < -0.3 is 0 Å². The third-order valence-electron chi connectivity index (χ3n) is 3.74. The molecule has 0 aromatic heterocycles. The van der Waals surface area contributed by atoms with E-state index >= 15 is 0 Å². The molecule has 1 aromatic rings. The highest BCUT2D eigenvalue weighted by Crippen LogP contribution is 2.17. The standard InChI is InChI=1S/C15H24N2O3S2/c1-14-6-5-10-17(12-14)22(19,20)16-9-11-21(18)13-15-7-3-2-4-8-15/h2-4,7-8,14,16H,5-6,9-13H2,1H3/t14-,21+/m0/s1. The summed E-state index contributed by atoms with van der Waals surface area (Å²) in [5.74, 6) is 1.19. The molecule has 7 heteroatoms. The van der Waals surface area contributed by atoms with E-state index in [4.69, 9.17) is 0 Å². The molecule has 2 rings (SSSR count). The van der Waals surface area contributed by atoms with E-state index in [1.807, 2.05) is 30.3 Å². The minimum atomic E-state index is -3.44. The number of piperidine rings is 1. The largest absolute Gasteiger partial charge is 0.279 e. The molecule has 1 saturated heterocycles. The monoisotopic (exact) mass is 344 g/mol. The van der Waals surface area contributed by atoms with Gasteiger partial charge in [-0.25, -0.2) is 4.72 Å². The average Bonchev–Trinajstić information content (AvgIpc) is 2.48. The highest BCUT2D eigenvalue weighted by atomic mass is 32.2. The van der Waals surface area contributed by atoms with Crippen LogP contribution in [-0.4, -0.2) is 42.3 Å². The van der Waals surface area contributed by atoms with Gasteiger partial charge in [0.05, 0.1) is 0 Å². The van der Waals surface area contributed by atoms with Crippen molar-refractivity contribution in [2.24, 2.45) is 5.92 Å². The molecule has 1 aliphatic rings. The fraction of sp³-hybridized carbons (Fsp3) is 0.600. The first-order chi connectivity index (χ1) is 10.5. The van der Waals surface area contributed by atoms with Gasteiger partial charge in [0.2, 0.25) is 0 Å². The lowest BCUT2D eigenvalue weighted by Gasteiger charge is -2.29. The van der Waals surface area contributed by atoms with E-state index in [1.54, 1.807) is 0 Å². The number of benzene rings is 1. The number of rotatable bonds is 7. The van der Waals surface area contributed by atoms with Crippen molar-refractivity contribution in [2.45, 2.75) is 25.5 Å². The Labute approximate surface area is 135 Å². The van der Waals surface area contributed by atoms with Crippen LogP contribution < -0.4 is 4.72 Å². The van der Waals surface area contributed by atoms with Gasteiger partial charge in [0, 0.05) is 41.9 Å². The summed E-state index contributed by atoms with van der Waals surface area (Å²) < 4.78 is 40.4. The molecule has 0 bridgehead atoms. The van der Waals surface area contributed by atoms with Gasteiger partial charge in [0.15, 0.2) is 0 Å². The van der Waals surface area contributed by atoms with Gasteiger partial charge >= 0.3 is 0 Å². The van der Waals surface area contributed by atoms with Crippen LogP contribution in [0.5, 0.6) is 0 Å². The predicted molar refractivity (Wildman–Crippen MR) is 90.0 cm³/mol. The molecule has 1 fully saturated rings. The first-order valence-electron chi connectivity index (χ1n) is 7.61. The number of nitrogens with one attached hydrogen (secondary N) is 1. The predicted octanol–water partition coefficient (Wildman–Crippen LogP) is 1.50. The van der Waals surface area contributed by atoms with Crippen LogP contribution >= 0.6 is 0 Å². The molecule has 0 spiro atoms. The highest BCUT2D eigenvalue weighted by molar-refractivity contribution is 7.87. The third-order valence-corrected chi connectivity index (χ3v) is 6.64. The Kier molecular flexibility index (Phi) is 6.55. The highest BCUT2D eigenvalue weighted by Gasteiger charge is 2.26. The molecular weight excluding hydrogens is 320 g/mol. The van der Waals surface area contributed by atoms with Crippen molar-refractivity contribution in [3.05, 3.63) is 35.9 Å². The lowest BCUT2D eigenvalue weighted by Crippen LogP contribution is -2.46. The molecular formula is C15H24N2O3S2. The molecule has 1 aromatic carbocycles. The molecule has 5 nitrogen and oxygen atoms in total. The molecule has 0 saturated carbocycles. The Bertz CT molecular complexity index is 590. The van der Waals surface area contributed by atoms with Crippen LogP contribution in [0.15, 0.2) is 30.3 Å². The van der Waals surface area contributed by atoms with Crippen molar-refractivity contribution in [2.75, 3.05) is 25.4 Å². The van der Waals surface area contributed by atoms with E-state index in [1.165, 1.54) is 4.31 Å². The van der Waals surface area contributed by atoms with E-state index in [0.29, 0.717) is 30.5 Å². The summed E-state index contributed by atoms with van der Waals surface area (Å²) in [6, 6.07) is 9.59. The zero-order valence-electron chi connectivity index (χ0n) is 12.9. The first kappa shape index (κ1) is 17.6. The fourth-order valence-corrected chi connectivity index (χ4v) is 5.10. The van der Waals surface area contributed by atoms with Gasteiger partial charge in [-0.2, -0.15) is 12.7 Å². The van der Waals surface area contributed by atoms with Crippen molar-refractivity contribution >= 4 is 21.0 Å². The van der Waals surface area contributed by atoms with Crippen LogP contribution in [0, 0.1) is 5.92 Å².